The fourth-order valence-corrected chi connectivity index (χ4v) is 2.00. The molecule has 4 nitrogen and oxygen atoms in total. The minimum absolute atomic E-state index is 0. The largest absolute Gasteiger partial charge is 0.411 e. The summed E-state index contributed by atoms with van der Waals surface area (Å²) in [6.45, 7) is 11.9. The molecule has 0 bridgehead atoms. The highest BCUT2D eigenvalue weighted by molar-refractivity contribution is 8.00. The summed E-state index contributed by atoms with van der Waals surface area (Å²) in [4.78, 5) is 3.93. The molecule has 0 spiro atoms. The Balaban J connectivity index is -0.0000000980. The zero-order chi connectivity index (χ0) is 13.1. The van der Waals surface area contributed by atoms with Crippen LogP contribution >= 0.6 is 24.4 Å². The highest BCUT2D eigenvalue weighted by Crippen LogP contribution is 1.88. The first-order valence-electron chi connectivity index (χ1n) is 5.36. The fraction of sp³-hybridized carbons (Fsp3) is 0.800. The predicted molar refractivity (Wildman–Crippen MR) is 97.7 cm³/mol. The van der Waals surface area contributed by atoms with E-state index in [9.17, 15) is 0 Å². The van der Waals surface area contributed by atoms with Gasteiger partial charge >= 0.3 is 0 Å². The van der Waals surface area contributed by atoms with Crippen LogP contribution in [0.25, 0.3) is 0 Å². The molecule has 0 saturated carbocycles. The van der Waals surface area contributed by atoms with Gasteiger partial charge in [0.1, 0.15) is 0 Å². The lowest BCUT2D eigenvalue weighted by Crippen LogP contribution is -2.26. The van der Waals surface area contributed by atoms with Crippen molar-refractivity contribution in [3.63, 3.8) is 0 Å². The van der Waals surface area contributed by atoms with Gasteiger partial charge in [-0.1, -0.05) is 8.64 Å². The van der Waals surface area contributed by atoms with Crippen molar-refractivity contribution in [2.24, 2.45) is 0 Å². The lowest BCUT2D eigenvalue weighted by Gasteiger charge is -2.24. The summed E-state index contributed by atoms with van der Waals surface area (Å²) < 4.78 is 1.16. The number of hydrogen-bond donors (Lipinski definition) is 2. The number of nitrogens with zero attached hydrogens (tertiary/aromatic N) is 2. The molecule has 18 heavy (non-hydrogen) atoms. The minimum Gasteiger partial charge on any atom is -0.411 e. The van der Waals surface area contributed by atoms with Crippen molar-refractivity contribution in [3.05, 3.63) is 0 Å². The van der Waals surface area contributed by atoms with Gasteiger partial charge in [-0.05, 0) is 27.7 Å². The third kappa shape index (κ3) is 14.2. The van der Waals surface area contributed by atoms with Gasteiger partial charge in [0.2, 0.25) is 0 Å². The third-order valence-electron chi connectivity index (χ3n) is 2.04. The van der Waals surface area contributed by atoms with E-state index in [1.807, 2.05) is 37.5 Å². The molecule has 0 aliphatic rings. The normalized spacial score (nSPS) is 7.78. The molecular weight excluding hydrogens is 304 g/mol. The van der Waals surface area contributed by atoms with E-state index in [2.05, 4.69) is 0 Å². The molecule has 0 unspecified atom stereocenters. The average molecular weight is 333 g/mol. The number of thiocarbonyl (C=S) groups is 2. The minimum atomic E-state index is 0. The van der Waals surface area contributed by atoms with Gasteiger partial charge in [0.05, 0.1) is 0 Å². The summed E-state index contributed by atoms with van der Waals surface area (Å²) in [7, 11) is 0. The molecule has 8 N–H and O–H groups in total. The van der Waals surface area contributed by atoms with E-state index in [4.69, 9.17) is 49.7 Å². The van der Waals surface area contributed by atoms with Crippen molar-refractivity contribution in [2.45, 2.75) is 27.7 Å². The summed E-state index contributed by atoms with van der Waals surface area (Å²) in [5.41, 5.74) is 0. The summed E-state index contributed by atoms with van der Waals surface area (Å²) in [5, 5.41) is 0. The molecule has 8 heteroatoms. The SMILES string of the molecule is CCN(CC)C(=S)[S-].CCN(CC)C(=S)[S-].[NH4+].[NH4+]. The van der Waals surface area contributed by atoms with E-state index in [0.29, 0.717) is 8.64 Å². The quantitative estimate of drug-likeness (QED) is 0.608. The van der Waals surface area contributed by atoms with Crippen molar-refractivity contribution < 1.29 is 0 Å². The van der Waals surface area contributed by atoms with Gasteiger partial charge < -0.3 is 71.8 Å². The molecule has 0 aromatic carbocycles. The molecule has 0 aliphatic carbocycles. The number of rotatable bonds is 4. The molecule has 0 saturated heterocycles. The van der Waals surface area contributed by atoms with Crippen LogP contribution < -0.4 is 12.3 Å². The van der Waals surface area contributed by atoms with Crippen LogP contribution in [0.2, 0.25) is 0 Å². The lowest BCUT2D eigenvalue weighted by atomic mass is 10.6. The lowest BCUT2D eigenvalue weighted by molar-refractivity contribution is 0.482. The molecule has 0 aromatic rings. The van der Waals surface area contributed by atoms with Crippen LogP contribution in [-0.2, 0) is 25.3 Å². The summed E-state index contributed by atoms with van der Waals surface area (Å²) in [6, 6.07) is 0. The molecule has 0 amide bonds. The van der Waals surface area contributed by atoms with Crippen LogP contribution in [0.3, 0.4) is 0 Å². The Kier molecular flexibility index (Phi) is 25.4. The third-order valence-corrected chi connectivity index (χ3v) is 3.08. The van der Waals surface area contributed by atoms with Gasteiger partial charge in [-0.2, -0.15) is 0 Å². The maximum absolute atomic E-state index is 4.76. The van der Waals surface area contributed by atoms with Gasteiger partial charge in [0.15, 0.2) is 0 Å². The molecular formula is C10H28N4S4. The van der Waals surface area contributed by atoms with Crippen molar-refractivity contribution >= 4 is 58.3 Å². The Hall–Kier alpha value is 0.140. The van der Waals surface area contributed by atoms with Crippen LogP contribution in [0.15, 0.2) is 0 Å². The van der Waals surface area contributed by atoms with Crippen molar-refractivity contribution in [3.8, 4) is 0 Å². The summed E-state index contributed by atoms with van der Waals surface area (Å²) in [6.07, 6.45) is 0. The summed E-state index contributed by atoms with van der Waals surface area (Å²) >= 11 is 19.0. The number of hydrogen-bond acceptors (Lipinski definition) is 4. The van der Waals surface area contributed by atoms with E-state index < -0.39 is 0 Å². The Bertz CT molecular complexity index is 184. The van der Waals surface area contributed by atoms with Crippen molar-refractivity contribution in [1.29, 1.82) is 0 Å². The van der Waals surface area contributed by atoms with E-state index in [-0.39, 0.29) is 12.3 Å². The van der Waals surface area contributed by atoms with E-state index in [1.54, 1.807) is 0 Å². The molecule has 0 fully saturated rings. The van der Waals surface area contributed by atoms with Gasteiger partial charge in [-0.25, -0.2) is 0 Å². The Morgan fingerprint density at radius 1 is 0.722 bits per heavy atom. The molecule has 112 valence electrons. The second kappa shape index (κ2) is 17.1. The average Bonchev–Trinajstić information content (AvgIpc) is 2.21. The summed E-state index contributed by atoms with van der Waals surface area (Å²) in [5.74, 6) is 0. The Morgan fingerprint density at radius 3 is 0.889 bits per heavy atom. The van der Waals surface area contributed by atoms with Crippen molar-refractivity contribution in [2.75, 3.05) is 26.2 Å². The molecule has 0 radical (unpaired) electrons. The maximum Gasteiger partial charge on any atom is 0.0133 e. The Morgan fingerprint density at radius 2 is 0.889 bits per heavy atom. The van der Waals surface area contributed by atoms with E-state index in [1.165, 1.54) is 0 Å². The first-order chi connectivity index (χ1) is 7.44. The van der Waals surface area contributed by atoms with Gasteiger partial charge in [-0.15, -0.1) is 0 Å². The molecule has 0 rings (SSSR count). The van der Waals surface area contributed by atoms with E-state index >= 15 is 0 Å². The van der Waals surface area contributed by atoms with Gasteiger partial charge in [-0.3, -0.25) is 0 Å². The highest BCUT2D eigenvalue weighted by atomic mass is 32.1. The first kappa shape index (κ1) is 26.7. The fourth-order valence-electron chi connectivity index (χ4n) is 0.964. The first-order valence-corrected chi connectivity index (χ1v) is 6.99. The van der Waals surface area contributed by atoms with Crippen LogP contribution in [-0.4, -0.2) is 44.6 Å². The van der Waals surface area contributed by atoms with Crippen molar-refractivity contribution in [1.82, 2.24) is 22.1 Å². The predicted octanol–water partition coefficient (Wildman–Crippen LogP) is 3.07. The van der Waals surface area contributed by atoms with Crippen LogP contribution in [0.4, 0.5) is 0 Å². The standard InChI is InChI=1S/2C5H11NS2.2H3N/c2*1-3-6(4-2)5(7)8;;/h2*3-4H2,1-2H3,(H,7,8);2*1H3. The van der Waals surface area contributed by atoms with Crippen LogP contribution in [0, 0.1) is 0 Å². The topological polar surface area (TPSA) is 79.5 Å². The molecule has 0 heterocycles. The van der Waals surface area contributed by atoms with Gasteiger partial charge in [0, 0.05) is 26.2 Å². The zero-order valence-electron chi connectivity index (χ0n) is 12.4. The second-order valence-corrected chi connectivity index (χ2v) is 4.94. The smallest absolute Gasteiger partial charge is 0.0133 e. The number of quaternary nitrogens is 2. The second-order valence-electron chi connectivity index (χ2n) is 2.88. The molecule has 0 atom stereocenters. The maximum atomic E-state index is 4.76. The zero-order valence-corrected chi connectivity index (χ0v) is 15.6. The van der Waals surface area contributed by atoms with Crippen LogP contribution in [0.5, 0.6) is 0 Å². The Labute approximate surface area is 134 Å². The van der Waals surface area contributed by atoms with Gasteiger partial charge in [0.25, 0.3) is 0 Å². The van der Waals surface area contributed by atoms with Crippen LogP contribution in [0.1, 0.15) is 27.7 Å². The molecule has 0 aromatic heterocycles. The molecule has 0 aliphatic heterocycles. The monoisotopic (exact) mass is 332 g/mol. The highest BCUT2D eigenvalue weighted by Gasteiger charge is 1.89. The van der Waals surface area contributed by atoms with E-state index in [0.717, 1.165) is 26.2 Å².